The SMILES string of the molecule is CCCCCCCCCCCOc1ccc(-c2ccc(S[C@H](C)C(=O)OCC)cc2)cc1. The molecule has 0 saturated heterocycles. The number of rotatable bonds is 16. The van der Waals surface area contributed by atoms with Crippen molar-refractivity contribution in [3.05, 3.63) is 48.5 Å². The standard InChI is InChI=1S/C28H40O3S/c1-4-6-7-8-9-10-11-12-13-22-31-26-18-14-24(15-19-26)25-16-20-27(21-17-25)32-23(3)28(29)30-5-2/h14-21,23H,4-13,22H2,1-3H3/t23-/m1/s1. The van der Waals surface area contributed by atoms with Gasteiger partial charge < -0.3 is 9.47 Å². The van der Waals surface area contributed by atoms with Gasteiger partial charge in [-0.1, -0.05) is 82.6 Å². The highest BCUT2D eigenvalue weighted by atomic mass is 32.2. The molecule has 0 fully saturated rings. The first-order chi connectivity index (χ1) is 15.6. The molecule has 0 saturated carbocycles. The zero-order valence-corrected chi connectivity index (χ0v) is 20.9. The van der Waals surface area contributed by atoms with Crippen LogP contribution in [0.25, 0.3) is 11.1 Å². The van der Waals surface area contributed by atoms with E-state index in [0.29, 0.717) is 6.61 Å². The van der Waals surface area contributed by atoms with Crippen molar-refractivity contribution in [2.24, 2.45) is 0 Å². The Kier molecular flexibility index (Phi) is 13.0. The lowest BCUT2D eigenvalue weighted by molar-refractivity contribution is -0.142. The predicted octanol–water partition coefficient (Wildman–Crippen LogP) is 8.31. The Morgan fingerprint density at radius 1 is 0.781 bits per heavy atom. The van der Waals surface area contributed by atoms with Crippen molar-refractivity contribution < 1.29 is 14.3 Å². The predicted molar refractivity (Wildman–Crippen MR) is 137 cm³/mol. The molecule has 176 valence electrons. The zero-order valence-electron chi connectivity index (χ0n) is 20.1. The second-order valence-electron chi connectivity index (χ2n) is 8.24. The maximum atomic E-state index is 11.8. The second kappa shape index (κ2) is 15.8. The molecule has 0 heterocycles. The Bertz CT molecular complexity index is 755. The summed E-state index contributed by atoms with van der Waals surface area (Å²) in [7, 11) is 0. The first-order valence-electron chi connectivity index (χ1n) is 12.3. The molecule has 1 atom stereocenters. The van der Waals surface area contributed by atoms with Crippen LogP contribution in [-0.2, 0) is 9.53 Å². The van der Waals surface area contributed by atoms with Crippen molar-refractivity contribution in [1.82, 2.24) is 0 Å². The third kappa shape index (κ3) is 10.1. The van der Waals surface area contributed by atoms with E-state index in [4.69, 9.17) is 9.47 Å². The fourth-order valence-corrected chi connectivity index (χ4v) is 4.45. The summed E-state index contributed by atoms with van der Waals surface area (Å²) in [6.45, 7) is 7.19. The summed E-state index contributed by atoms with van der Waals surface area (Å²) in [5, 5.41) is -0.206. The Labute approximate surface area is 199 Å². The van der Waals surface area contributed by atoms with Gasteiger partial charge in [0.15, 0.2) is 0 Å². The van der Waals surface area contributed by atoms with Gasteiger partial charge in [-0.15, -0.1) is 11.8 Å². The van der Waals surface area contributed by atoms with Gasteiger partial charge in [-0.2, -0.15) is 0 Å². The third-order valence-electron chi connectivity index (χ3n) is 5.49. The molecule has 2 rings (SSSR count). The Morgan fingerprint density at radius 3 is 1.88 bits per heavy atom. The topological polar surface area (TPSA) is 35.5 Å². The summed E-state index contributed by atoms with van der Waals surface area (Å²) >= 11 is 1.52. The minimum absolute atomic E-state index is 0.167. The van der Waals surface area contributed by atoms with E-state index in [1.165, 1.54) is 63.1 Å². The lowest BCUT2D eigenvalue weighted by Crippen LogP contribution is -2.16. The van der Waals surface area contributed by atoms with Gasteiger partial charge in [0.25, 0.3) is 0 Å². The molecule has 0 unspecified atom stereocenters. The first-order valence-corrected chi connectivity index (χ1v) is 13.2. The fraction of sp³-hybridized carbons (Fsp3) is 0.536. The van der Waals surface area contributed by atoms with Gasteiger partial charge in [0.05, 0.1) is 13.2 Å². The summed E-state index contributed by atoms with van der Waals surface area (Å²) in [6.07, 6.45) is 11.9. The molecule has 4 heteroatoms. The van der Waals surface area contributed by atoms with Crippen LogP contribution in [0.15, 0.2) is 53.4 Å². The van der Waals surface area contributed by atoms with E-state index in [-0.39, 0.29) is 11.2 Å². The molecular formula is C28H40O3S. The molecule has 0 radical (unpaired) electrons. The highest BCUT2D eigenvalue weighted by molar-refractivity contribution is 8.00. The Hall–Kier alpha value is -1.94. The molecule has 0 spiro atoms. The van der Waals surface area contributed by atoms with Crippen LogP contribution in [0.1, 0.15) is 78.6 Å². The van der Waals surface area contributed by atoms with E-state index in [1.807, 2.05) is 13.8 Å². The number of carbonyl (C=O) groups is 1. The number of thioether (sulfide) groups is 1. The molecular weight excluding hydrogens is 416 g/mol. The number of carbonyl (C=O) groups excluding carboxylic acids is 1. The number of unbranched alkanes of at least 4 members (excludes halogenated alkanes) is 8. The van der Waals surface area contributed by atoms with Gasteiger partial charge in [-0.25, -0.2) is 0 Å². The minimum Gasteiger partial charge on any atom is -0.494 e. The number of ether oxygens (including phenoxy) is 2. The molecule has 0 aromatic heterocycles. The van der Waals surface area contributed by atoms with Crippen LogP contribution in [-0.4, -0.2) is 24.4 Å². The van der Waals surface area contributed by atoms with E-state index in [0.717, 1.165) is 34.8 Å². The van der Waals surface area contributed by atoms with Crippen molar-refractivity contribution >= 4 is 17.7 Å². The van der Waals surface area contributed by atoms with Gasteiger partial charge in [-0.05, 0) is 55.7 Å². The van der Waals surface area contributed by atoms with E-state index < -0.39 is 0 Å². The molecule has 0 aliphatic carbocycles. The average molecular weight is 457 g/mol. The number of hydrogen-bond acceptors (Lipinski definition) is 4. The van der Waals surface area contributed by atoms with Crippen molar-refractivity contribution in [3.8, 4) is 16.9 Å². The molecule has 0 amide bonds. The summed E-state index contributed by atoms with van der Waals surface area (Å²) < 4.78 is 11.0. The van der Waals surface area contributed by atoms with Crippen LogP contribution in [0.4, 0.5) is 0 Å². The van der Waals surface area contributed by atoms with Crippen molar-refractivity contribution in [2.75, 3.05) is 13.2 Å². The zero-order chi connectivity index (χ0) is 23.0. The van der Waals surface area contributed by atoms with Gasteiger partial charge in [-0.3, -0.25) is 4.79 Å². The average Bonchev–Trinajstić information content (AvgIpc) is 2.81. The van der Waals surface area contributed by atoms with E-state index >= 15 is 0 Å². The van der Waals surface area contributed by atoms with Crippen LogP contribution in [0.5, 0.6) is 5.75 Å². The van der Waals surface area contributed by atoms with E-state index in [2.05, 4.69) is 55.5 Å². The second-order valence-corrected chi connectivity index (χ2v) is 9.65. The summed E-state index contributed by atoms with van der Waals surface area (Å²) in [6, 6.07) is 16.6. The maximum Gasteiger partial charge on any atom is 0.319 e. The molecule has 2 aromatic carbocycles. The lowest BCUT2D eigenvalue weighted by atomic mass is 10.1. The number of benzene rings is 2. The Morgan fingerprint density at radius 2 is 1.31 bits per heavy atom. The first kappa shape index (κ1) is 26.3. The van der Waals surface area contributed by atoms with Gasteiger partial charge in [0.1, 0.15) is 11.0 Å². The monoisotopic (exact) mass is 456 g/mol. The molecule has 0 N–H and O–H groups in total. The highest BCUT2D eigenvalue weighted by Gasteiger charge is 2.15. The van der Waals surface area contributed by atoms with E-state index in [1.54, 1.807) is 0 Å². The number of hydrogen-bond donors (Lipinski definition) is 0. The summed E-state index contributed by atoms with van der Waals surface area (Å²) in [5.41, 5.74) is 2.32. The minimum atomic E-state index is -0.206. The van der Waals surface area contributed by atoms with Gasteiger partial charge >= 0.3 is 5.97 Å². The van der Waals surface area contributed by atoms with Crippen LogP contribution in [0, 0.1) is 0 Å². The normalized spacial score (nSPS) is 11.8. The Balaban J connectivity index is 1.68. The van der Waals surface area contributed by atoms with Crippen LogP contribution < -0.4 is 4.74 Å². The van der Waals surface area contributed by atoms with E-state index in [9.17, 15) is 4.79 Å². The molecule has 0 aliphatic rings. The third-order valence-corrected chi connectivity index (χ3v) is 6.58. The quantitative estimate of drug-likeness (QED) is 0.144. The molecule has 0 bridgehead atoms. The molecule has 32 heavy (non-hydrogen) atoms. The fourth-order valence-electron chi connectivity index (χ4n) is 3.58. The van der Waals surface area contributed by atoms with Crippen molar-refractivity contribution in [2.45, 2.75) is 88.7 Å². The van der Waals surface area contributed by atoms with Crippen LogP contribution >= 0.6 is 11.8 Å². The summed E-state index contributed by atoms with van der Waals surface area (Å²) in [5.74, 6) is 0.767. The molecule has 0 aliphatic heterocycles. The van der Waals surface area contributed by atoms with Gasteiger partial charge in [0, 0.05) is 4.90 Å². The van der Waals surface area contributed by atoms with Crippen LogP contribution in [0.2, 0.25) is 0 Å². The smallest absolute Gasteiger partial charge is 0.319 e. The van der Waals surface area contributed by atoms with Crippen molar-refractivity contribution in [3.63, 3.8) is 0 Å². The highest BCUT2D eigenvalue weighted by Crippen LogP contribution is 2.28. The largest absolute Gasteiger partial charge is 0.494 e. The van der Waals surface area contributed by atoms with Crippen molar-refractivity contribution in [1.29, 1.82) is 0 Å². The summed E-state index contributed by atoms with van der Waals surface area (Å²) in [4.78, 5) is 12.9. The maximum absolute atomic E-state index is 11.8. The van der Waals surface area contributed by atoms with Gasteiger partial charge in [0.2, 0.25) is 0 Å². The number of esters is 1. The van der Waals surface area contributed by atoms with Crippen LogP contribution in [0.3, 0.4) is 0 Å². The molecule has 2 aromatic rings. The molecule has 3 nitrogen and oxygen atoms in total. The lowest BCUT2D eigenvalue weighted by Gasteiger charge is -2.11.